The first-order valence-corrected chi connectivity index (χ1v) is 6.05. The summed E-state index contributed by atoms with van der Waals surface area (Å²) in [7, 11) is 3.37. The van der Waals surface area contributed by atoms with E-state index in [1.54, 1.807) is 14.1 Å². The molecule has 1 aromatic rings. The van der Waals surface area contributed by atoms with E-state index in [9.17, 15) is 14.0 Å². The van der Waals surface area contributed by atoms with Crippen molar-refractivity contribution in [3.63, 3.8) is 0 Å². The molecule has 1 amide bonds. The first-order valence-electron chi connectivity index (χ1n) is 6.05. The summed E-state index contributed by atoms with van der Waals surface area (Å²) in [6.45, 7) is 1.64. The number of carbonyl (C=O) groups excluding carboxylic acids is 2. The number of Topliss-reactive ketones (excluding diaryl/α,β-unsaturated/α-hetero) is 1. The predicted molar refractivity (Wildman–Crippen MR) is 69.8 cm³/mol. The van der Waals surface area contributed by atoms with Gasteiger partial charge in [0.05, 0.1) is 6.61 Å². The molecule has 0 aliphatic carbocycles. The maximum atomic E-state index is 13.6. The van der Waals surface area contributed by atoms with Crippen LogP contribution in [0, 0.1) is 5.82 Å². The largest absolute Gasteiger partial charge is 0.491 e. The molecule has 0 aliphatic heterocycles. The van der Waals surface area contributed by atoms with Crippen molar-refractivity contribution in [2.24, 2.45) is 0 Å². The highest BCUT2D eigenvalue weighted by Crippen LogP contribution is 2.19. The lowest BCUT2D eigenvalue weighted by Gasteiger charge is -2.11. The number of ether oxygens (including phenoxy) is 1. The Bertz CT molecular complexity index is 472. The van der Waals surface area contributed by atoms with Crippen LogP contribution in [0.3, 0.4) is 0 Å². The molecule has 5 heteroatoms. The number of carbonyl (C=O) groups is 2. The van der Waals surface area contributed by atoms with E-state index in [0.717, 1.165) is 6.07 Å². The second-order valence-electron chi connectivity index (χ2n) is 4.44. The van der Waals surface area contributed by atoms with Crippen molar-refractivity contribution in [1.29, 1.82) is 0 Å². The molecule has 0 radical (unpaired) electrons. The first kappa shape index (κ1) is 15.1. The van der Waals surface area contributed by atoms with Gasteiger partial charge in [-0.05, 0) is 31.5 Å². The predicted octanol–water partition coefficient (Wildman–Crippen LogP) is 2.28. The monoisotopic (exact) mass is 267 g/mol. The molecule has 0 heterocycles. The van der Waals surface area contributed by atoms with Gasteiger partial charge in [0.1, 0.15) is 0 Å². The van der Waals surface area contributed by atoms with Gasteiger partial charge in [-0.25, -0.2) is 4.39 Å². The zero-order chi connectivity index (χ0) is 14.4. The minimum absolute atomic E-state index is 0.0102. The minimum Gasteiger partial charge on any atom is -0.491 e. The summed E-state index contributed by atoms with van der Waals surface area (Å²) < 4.78 is 18.8. The van der Waals surface area contributed by atoms with Crippen LogP contribution in [0.4, 0.5) is 4.39 Å². The highest BCUT2D eigenvalue weighted by molar-refractivity contribution is 5.94. The molecule has 0 aromatic heterocycles. The highest BCUT2D eigenvalue weighted by Gasteiger charge is 2.08. The van der Waals surface area contributed by atoms with Gasteiger partial charge in [-0.1, -0.05) is 0 Å². The molecule has 0 bridgehead atoms. The van der Waals surface area contributed by atoms with Gasteiger partial charge in [-0.15, -0.1) is 0 Å². The third-order valence-electron chi connectivity index (χ3n) is 2.63. The first-order chi connectivity index (χ1) is 8.91. The number of benzene rings is 1. The lowest BCUT2D eigenvalue weighted by atomic mass is 10.1. The SMILES string of the molecule is CC(=O)c1ccc(OCCCC(=O)N(C)C)c(F)c1. The molecule has 0 saturated heterocycles. The molecule has 104 valence electrons. The maximum Gasteiger partial charge on any atom is 0.222 e. The van der Waals surface area contributed by atoms with Crippen molar-refractivity contribution in [2.75, 3.05) is 20.7 Å². The van der Waals surface area contributed by atoms with Crippen molar-refractivity contribution in [3.05, 3.63) is 29.6 Å². The molecule has 0 aliphatic rings. The van der Waals surface area contributed by atoms with Crippen LogP contribution in [0.1, 0.15) is 30.1 Å². The van der Waals surface area contributed by atoms with Crippen LogP contribution >= 0.6 is 0 Å². The molecule has 4 nitrogen and oxygen atoms in total. The third-order valence-corrected chi connectivity index (χ3v) is 2.63. The lowest BCUT2D eigenvalue weighted by molar-refractivity contribution is -0.128. The van der Waals surface area contributed by atoms with Crippen LogP contribution < -0.4 is 4.74 Å². The van der Waals surface area contributed by atoms with Gasteiger partial charge in [-0.3, -0.25) is 9.59 Å². The second kappa shape index (κ2) is 6.87. The molecule has 0 unspecified atom stereocenters. The molecule has 0 atom stereocenters. The summed E-state index contributed by atoms with van der Waals surface area (Å²) in [5, 5.41) is 0. The third kappa shape index (κ3) is 4.69. The van der Waals surface area contributed by atoms with Crippen LogP contribution in [0.25, 0.3) is 0 Å². The topological polar surface area (TPSA) is 46.6 Å². The van der Waals surface area contributed by atoms with E-state index in [1.807, 2.05) is 0 Å². The number of hydrogen-bond acceptors (Lipinski definition) is 3. The fourth-order valence-corrected chi connectivity index (χ4v) is 1.47. The Morgan fingerprint density at radius 2 is 2.00 bits per heavy atom. The number of hydrogen-bond donors (Lipinski definition) is 0. The Balaban J connectivity index is 2.46. The number of amides is 1. The number of halogens is 1. The van der Waals surface area contributed by atoms with Crippen molar-refractivity contribution >= 4 is 11.7 Å². The van der Waals surface area contributed by atoms with Gasteiger partial charge in [0.25, 0.3) is 0 Å². The zero-order valence-corrected chi connectivity index (χ0v) is 11.4. The van der Waals surface area contributed by atoms with Crippen LogP contribution in [-0.4, -0.2) is 37.3 Å². The van der Waals surface area contributed by atoms with E-state index in [4.69, 9.17) is 4.74 Å². The Morgan fingerprint density at radius 3 is 2.53 bits per heavy atom. The van der Waals surface area contributed by atoms with Gasteiger partial charge in [-0.2, -0.15) is 0 Å². The summed E-state index contributed by atoms with van der Waals surface area (Å²) in [5.74, 6) is -0.646. The summed E-state index contributed by atoms with van der Waals surface area (Å²) in [6.07, 6.45) is 0.880. The van der Waals surface area contributed by atoms with E-state index in [1.165, 1.54) is 24.0 Å². The Hall–Kier alpha value is -1.91. The summed E-state index contributed by atoms with van der Waals surface area (Å²) in [5.41, 5.74) is 0.313. The van der Waals surface area contributed by atoms with Crippen molar-refractivity contribution in [3.8, 4) is 5.75 Å². The van der Waals surface area contributed by atoms with E-state index in [-0.39, 0.29) is 24.0 Å². The smallest absolute Gasteiger partial charge is 0.222 e. The van der Waals surface area contributed by atoms with Crippen LogP contribution in [0.5, 0.6) is 5.75 Å². The van der Waals surface area contributed by atoms with Crippen molar-refractivity contribution in [2.45, 2.75) is 19.8 Å². The van der Waals surface area contributed by atoms with Gasteiger partial charge >= 0.3 is 0 Å². The molecule has 0 fully saturated rings. The van der Waals surface area contributed by atoms with E-state index in [0.29, 0.717) is 18.4 Å². The Labute approximate surface area is 112 Å². The summed E-state index contributed by atoms with van der Waals surface area (Å²) in [4.78, 5) is 23.9. The van der Waals surface area contributed by atoms with E-state index >= 15 is 0 Å². The van der Waals surface area contributed by atoms with E-state index in [2.05, 4.69) is 0 Å². The molecule has 1 aromatic carbocycles. The van der Waals surface area contributed by atoms with Gasteiger partial charge in [0, 0.05) is 26.1 Å². The lowest BCUT2D eigenvalue weighted by Crippen LogP contribution is -2.21. The summed E-state index contributed by atoms with van der Waals surface area (Å²) >= 11 is 0. The summed E-state index contributed by atoms with van der Waals surface area (Å²) in [6, 6.07) is 4.11. The Kier molecular flexibility index (Phi) is 5.48. The number of nitrogens with zero attached hydrogens (tertiary/aromatic N) is 1. The van der Waals surface area contributed by atoms with E-state index < -0.39 is 5.82 Å². The second-order valence-corrected chi connectivity index (χ2v) is 4.44. The highest BCUT2D eigenvalue weighted by atomic mass is 19.1. The van der Waals surface area contributed by atoms with Gasteiger partial charge in [0.2, 0.25) is 5.91 Å². The number of rotatable bonds is 6. The molecule has 0 spiro atoms. The molecular weight excluding hydrogens is 249 g/mol. The Morgan fingerprint density at radius 1 is 1.32 bits per heavy atom. The molecule has 0 saturated carbocycles. The zero-order valence-electron chi connectivity index (χ0n) is 11.4. The standard InChI is InChI=1S/C14H18FNO3/c1-10(17)11-6-7-13(12(15)9-11)19-8-4-5-14(18)16(2)3/h6-7,9H,4-5,8H2,1-3H3. The fraction of sp³-hybridized carbons (Fsp3) is 0.429. The number of ketones is 1. The molecular formula is C14H18FNO3. The van der Waals surface area contributed by atoms with Gasteiger partial charge in [0.15, 0.2) is 17.3 Å². The normalized spacial score (nSPS) is 10.1. The van der Waals surface area contributed by atoms with Gasteiger partial charge < -0.3 is 9.64 Å². The minimum atomic E-state index is -0.563. The van der Waals surface area contributed by atoms with Crippen molar-refractivity contribution in [1.82, 2.24) is 4.90 Å². The van der Waals surface area contributed by atoms with Crippen LogP contribution in [-0.2, 0) is 4.79 Å². The van der Waals surface area contributed by atoms with Crippen LogP contribution in [0.15, 0.2) is 18.2 Å². The fourth-order valence-electron chi connectivity index (χ4n) is 1.47. The molecule has 19 heavy (non-hydrogen) atoms. The maximum absolute atomic E-state index is 13.6. The van der Waals surface area contributed by atoms with Crippen molar-refractivity contribution < 1.29 is 18.7 Å². The molecule has 1 rings (SSSR count). The molecule has 0 N–H and O–H groups in total. The average molecular weight is 267 g/mol. The van der Waals surface area contributed by atoms with Crippen LogP contribution in [0.2, 0.25) is 0 Å². The average Bonchev–Trinajstić information content (AvgIpc) is 2.35. The quantitative estimate of drug-likeness (QED) is 0.587.